The molecule has 0 amide bonds. The van der Waals surface area contributed by atoms with E-state index in [2.05, 4.69) is 4.72 Å². The number of sulfonamides is 1. The first-order valence-electron chi connectivity index (χ1n) is 8.87. The monoisotopic (exact) mass is 377 g/mol. The Morgan fingerprint density at radius 3 is 2.60 bits per heavy atom. The van der Waals surface area contributed by atoms with Crippen molar-refractivity contribution < 1.29 is 13.5 Å². The standard InChI is InChI=1S/C19H23NO3S2/c21-19(16-8-9-16,18-6-3-11-24-18)13-20-25(22,23)17-10-7-14-4-1-2-5-15(14)12-17/h3,6-7,10-12,16,20-21H,1-2,4-5,8-9,13H2/t19-/m1/s1. The van der Waals surface area contributed by atoms with Crippen LogP contribution >= 0.6 is 11.3 Å². The summed E-state index contributed by atoms with van der Waals surface area (Å²) in [6.45, 7) is 0.0254. The van der Waals surface area contributed by atoms with Crippen molar-refractivity contribution in [3.8, 4) is 0 Å². The van der Waals surface area contributed by atoms with Crippen LogP contribution in [0.4, 0.5) is 0 Å². The van der Waals surface area contributed by atoms with Crippen molar-refractivity contribution in [3.05, 3.63) is 51.7 Å². The number of aryl methyl sites for hydroxylation is 2. The van der Waals surface area contributed by atoms with Gasteiger partial charge in [-0.15, -0.1) is 11.3 Å². The van der Waals surface area contributed by atoms with E-state index < -0.39 is 15.6 Å². The minimum Gasteiger partial charge on any atom is -0.383 e. The fourth-order valence-corrected chi connectivity index (χ4v) is 5.71. The quantitative estimate of drug-likeness (QED) is 0.812. The summed E-state index contributed by atoms with van der Waals surface area (Å²) in [5.41, 5.74) is 1.30. The highest BCUT2D eigenvalue weighted by Gasteiger charge is 2.46. The highest BCUT2D eigenvalue weighted by atomic mass is 32.2. The molecule has 4 nitrogen and oxygen atoms in total. The van der Waals surface area contributed by atoms with Crippen LogP contribution in [0.2, 0.25) is 0 Å². The number of hydrogen-bond acceptors (Lipinski definition) is 4. The number of nitrogens with one attached hydrogen (secondary N) is 1. The molecule has 25 heavy (non-hydrogen) atoms. The molecule has 0 bridgehead atoms. The highest BCUT2D eigenvalue weighted by Crippen LogP contribution is 2.46. The largest absolute Gasteiger partial charge is 0.383 e. The van der Waals surface area contributed by atoms with E-state index in [9.17, 15) is 13.5 Å². The van der Waals surface area contributed by atoms with Crippen LogP contribution in [0.15, 0.2) is 40.6 Å². The van der Waals surface area contributed by atoms with Gasteiger partial charge in [0, 0.05) is 11.4 Å². The second-order valence-corrected chi connectivity index (χ2v) is 9.85. The zero-order valence-corrected chi connectivity index (χ0v) is 15.7. The Labute approximate surface area is 153 Å². The second kappa shape index (κ2) is 6.50. The number of aliphatic hydroxyl groups is 1. The third kappa shape index (κ3) is 3.40. The summed E-state index contributed by atoms with van der Waals surface area (Å²) >= 11 is 1.48. The molecule has 0 spiro atoms. The van der Waals surface area contributed by atoms with Gasteiger partial charge in [0.1, 0.15) is 5.60 Å². The Morgan fingerprint density at radius 1 is 1.16 bits per heavy atom. The molecule has 2 aliphatic rings. The molecule has 0 aliphatic heterocycles. The summed E-state index contributed by atoms with van der Waals surface area (Å²) in [7, 11) is -3.63. The lowest BCUT2D eigenvalue weighted by Gasteiger charge is -2.27. The first-order chi connectivity index (χ1) is 12.0. The molecule has 1 heterocycles. The average Bonchev–Trinajstić information content (AvgIpc) is 3.34. The predicted octanol–water partition coefficient (Wildman–Crippen LogP) is 3.20. The molecule has 134 valence electrons. The van der Waals surface area contributed by atoms with Crippen molar-refractivity contribution in [2.45, 2.75) is 49.0 Å². The predicted molar refractivity (Wildman–Crippen MR) is 99.2 cm³/mol. The Morgan fingerprint density at radius 2 is 1.92 bits per heavy atom. The summed E-state index contributed by atoms with van der Waals surface area (Å²) in [5.74, 6) is 0.136. The molecule has 2 aromatic rings. The average molecular weight is 378 g/mol. The Hall–Kier alpha value is -1.21. The highest BCUT2D eigenvalue weighted by molar-refractivity contribution is 7.89. The van der Waals surface area contributed by atoms with Gasteiger partial charge in [0.2, 0.25) is 10.0 Å². The molecule has 1 aromatic carbocycles. The van der Waals surface area contributed by atoms with Gasteiger partial charge >= 0.3 is 0 Å². The fraction of sp³-hybridized carbons (Fsp3) is 0.474. The molecule has 0 saturated heterocycles. The fourth-order valence-electron chi connectivity index (χ4n) is 3.68. The van der Waals surface area contributed by atoms with Gasteiger partial charge in [-0.05, 0) is 79.1 Å². The van der Waals surface area contributed by atoms with Gasteiger partial charge in [-0.3, -0.25) is 0 Å². The Bertz CT molecular complexity index is 857. The summed E-state index contributed by atoms with van der Waals surface area (Å²) in [6, 6.07) is 9.21. The van der Waals surface area contributed by atoms with Gasteiger partial charge < -0.3 is 5.11 Å². The first kappa shape index (κ1) is 17.2. The molecule has 1 saturated carbocycles. The molecule has 1 fully saturated rings. The van der Waals surface area contributed by atoms with Crippen LogP contribution < -0.4 is 4.72 Å². The molecule has 1 atom stereocenters. The van der Waals surface area contributed by atoms with Crippen molar-refractivity contribution in [2.24, 2.45) is 5.92 Å². The van der Waals surface area contributed by atoms with E-state index in [1.807, 2.05) is 23.6 Å². The SMILES string of the molecule is O=S(=O)(NC[C@](O)(c1cccs1)C1CC1)c1ccc2c(c1)CCCC2. The van der Waals surface area contributed by atoms with Crippen LogP contribution in [-0.4, -0.2) is 20.1 Å². The number of hydrogen-bond donors (Lipinski definition) is 2. The van der Waals surface area contributed by atoms with E-state index in [0.717, 1.165) is 42.5 Å². The minimum absolute atomic E-state index is 0.0254. The third-order valence-electron chi connectivity index (χ3n) is 5.36. The maximum atomic E-state index is 12.8. The van der Waals surface area contributed by atoms with Crippen LogP contribution in [0.1, 0.15) is 41.7 Å². The maximum absolute atomic E-state index is 12.8. The molecule has 6 heteroatoms. The van der Waals surface area contributed by atoms with Crippen LogP contribution in [0, 0.1) is 5.92 Å². The summed E-state index contributed by atoms with van der Waals surface area (Å²) in [6.07, 6.45) is 6.14. The van der Waals surface area contributed by atoms with Crippen molar-refractivity contribution in [2.75, 3.05) is 6.54 Å². The van der Waals surface area contributed by atoms with E-state index in [0.29, 0.717) is 4.90 Å². The van der Waals surface area contributed by atoms with Gasteiger partial charge in [0.05, 0.1) is 4.90 Å². The normalized spacial score (nSPS) is 20.0. The summed E-state index contributed by atoms with van der Waals surface area (Å²) in [4.78, 5) is 1.14. The first-order valence-corrected chi connectivity index (χ1v) is 11.2. The van der Waals surface area contributed by atoms with Crippen molar-refractivity contribution in [3.63, 3.8) is 0 Å². The minimum atomic E-state index is -3.63. The number of benzene rings is 1. The number of thiophene rings is 1. The van der Waals surface area contributed by atoms with Gasteiger partial charge in [-0.2, -0.15) is 0 Å². The lowest BCUT2D eigenvalue weighted by molar-refractivity contribution is 0.0222. The van der Waals surface area contributed by atoms with E-state index in [-0.39, 0.29) is 12.5 Å². The van der Waals surface area contributed by atoms with Crippen LogP contribution in [0.3, 0.4) is 0 Å². The van der Waals surface area contributed by atoms with Crippen LogP contribution in [0.5, 0.6) is 0 Å². The number of fused-ring (bicyclic) bond motifs is 1. The third-order valence-corrected chi connectivity index (χ3v) is 7.80. The molecule has 2 N–H and O–H groups in total. The second-order valence-electron chi connectivity index (χ2n) is 7.14. The lowest BCUT2D eigenvalue weighted by atomic mass is 9.92. The summed E-state index contributed by atoms with van der Waals surface area (Å²) in [5, 5.41) is 13.0. The van der Waals surface area contributed by atoms with Gasteiger partial charge in [-0.25, -0.2) is 13.1 Å². The zero-order chi connectivity index (χ0) is 17.5. The van der Waals surface area contributed by atoms with Gasteiger partial charge in [0.25, 0.3) is 0 Å². The van der Waals surface area contributed by atoms with Crippen molar-refractivity contribution >= 4 is 21.4 Å². The Kier molecular flexibility index (Phi) is 4.48. The van der Waals surface area contributed by atoms with Crippen molar-refractivity contribution in [1.82, 2.24) is 4.72 Å². The molecule has 0 radical (unpaired) electrons. The van der Waals surface area contributed by atoms with Gasteiger partial charge in [0.15, 0.2) is 0 Å². The van der Waals surface area contributed by atoms with E-state index in [1.165, 1.54) is 23.3 Å². The molecular formula is C19H23NO3S2. The van der Waals surface area contributed by atoms with E-state index in [4.69, 9.17) is 0 Å². The lowest BCUT2D eigenvalue weighted by Crippen LogP contribution is -2.42. The molecule has 1 aromatic heterocycles. The maximum Gasteiger partial charge on any atom is 0.240 e. The van der Waals surface area contributed by atoms with E-state index in [1.54, 1.807) is 12.1 Å². The van der Waals surface area contributed by atoms with Crippen LogP contribution in [0.25, 0.3) is 0 Å². The molecule has 2 aliphatic carbocycles. The number of rotatable bonds is 6. The topological polar surface area (TPSA) is 66.4 Å². The molecular weight excluding hydrogens is 354 g/mol. The smallest absolute Gasteiger partial charge is 0.240 e. The van der Waals surface area contributed by atoms with E-state index >= 15 is 0 Å². The van der Waals surface area contributed by atoms with Gasteiger partial charge in [-0.1, -0.05) is 12.1 Å². The Balaban J connectivity index is 1.55. The zero-order valence-electron chi connectivity index (χ0n) is 14.1. The molecule has 0 unspecified atom stereocenters. The van der Waals surface area contributed by atoms with Crippen LogP contribution in [-0.2, 0) is 28.5 Å². The molecule has 4 rings (SSSR count). The summed E-state index contributed by atoms with van der Waals surface area (Å²) < 4.78 is 28.2. The van der Waals surface area contributed by atoms with Crippen molar-refractivity contribution in [1.29, 1.82) is 0 Å².